The Labute approximate surface area is 130 Å². The lowest BCUT2D eigenvalue weighted by atomic mass is 9.91. The van der Waals surface area contributed by atoms with Gasteiger partial charge in [-0.1, -0.05) is 40.2 Å². The van der Waals surface area contributed by atoms with Crippen LogP contribution in [0.4, 0.5) is 13.2 Å². The summed E-state index contributed by atoms with van der Waals surface area (Å²) < 4.78 is 40.5. The van der Waals surface area contributed by atoms with Gasteiger partial charge >= 0.3 is 6.18 Å². The molecule has 2 aromatic carbocycles. The predicted octanol–water partition coefficient (Wildman–Crippen LogP) is 5.09. The first-order chi connectivity index (χ1) is 9.84. The highest BCUT2D eigenvalue weighted by Gasteiger charge is 2.35. The summed E-state index contributed by atoms with van der Waals surface area (Å²) in [7, 11) is 1.66. The van der Waals surface area contributed by atoms with Gasteiger partial charge in [0.05, 0.1) is 11.6 Å². The molecule has 1 unspecified atom stereocenters. The van der Waals surface area contributed by atoms with Gasteiger partial charge in [0, 0.05) is 4.47 Å². The van der Waals surface area contributed by atoms with Crippen molar-refractivity contribution in [2.45, 2.75) is 19.1 Å². The van der Waals surface area contributed by atoms with Crippen molar-refractivity contribution >= 4 is 15.9 Å². The molecule has 1 atom stereocenters. The second-order valence-corrected chi connectivity index (χ2v) is 5.72. The fourth-order valence-electron chi connectivity index (χ4n) is 2.41. The van der Waals surface area contributed by atoms with Crippen LogP contribution in [-0.4, -0.2) is 7.05 Å². The van der Waals surface area contributed by atoms with E-state index in [0.717, 1.165) is 21.7 Å². The number of hydrogen-bond donors (Lipinski definition) is 1. The van der Waals surface area contributed by atoms with Gasteiger partial charge in [0.2, 0.25) is 0 Å². The molecule has 112 valence electrons. The predicted molar refractivity (Wildman–Crippen MR) is 81.2 cm³/mol. The summed E-state index contributed by atoms with van der Waals surface area (Å²) >= 11 is 3.37. The zero-order chi connectivity index (χ0) is 15.6. The van der Waals surface area contributed by atoms with Gasteiger partial charge in [-0.3, -0.25) is 0 Å². The van der Waals surface area contributed by atoms with E-state index >= 15 is 0 Å². The van der Waals surface area contributed by atoms with Crippen molar-refractivity contribution in [3.8, 4) is 0 Å². The van der Waals surface area contributed by atoms with Crippen LogP contribution in [0, 0.1) is 6.92 Å². The van der Waals surface area contributed by atoms with E-state index in [1.807, 2.05) is 25.1 Å². The number of alkyl halides is 3. The largest absolute Gasteiger partial charge is 0.416 e. The summed E-state index contributed by atoms with van der Waals surface area (Å²) in [6.07, 6.45) is -4.37. The first-order valence-corrected chi connectivity index (χ1v) is 7.23. The van der Waals surface area contributed by atoms with Gasteiger partial charge in [-0.05, 0) is 48.9 Å². The molecule has 2 aromatic rings. The molecular formula is C16H15BrF3N. The minimum absolute atomic E-state index is 0.230. The number of hydrogen-bond acceptors (Lipinski definition) is 1. The monoisotopic (exact) mass is 357 g/mol. The zero-order valence-corrected chi connectivity index (χ0v) is 13.2. The zero-order valence-electron chi connectivity index (χ0n) is 11.6. The average Bonchev–Trinajstić information content (AvgIpc) is 2.43. The van der Waals surface area contributed by atoms with E-state index in [2.05, 4.69) is 21.2 Å². The van der Waals surface area contributed by atoms with Crippen LogP contribution in [0.5, 0.6) is 0 Å². The Bertz CT molecular complexity index is 638. The molecule has 0 aliphatic rings. The van der Waals surface area contributed by atoms with Crippen LogP contribution in [0.3, 0.4) is 0 Å². The fourth-order valence-corrected chi connectivity index (χ4v) is 2.79. The summed E-state index contributed by atoms with van der Waals surface area (Å²) in [4.78, 5) is 0. The van der Waals surface area contributed by atoms with Crippen molar-refractivity contribution in [1.82, 2.24) is 5.32 Å². The smallest absolute Gasteiger partial charge is 0.309 e. The van der Waals surface area contributed by atoms with E-state index in [4.69, 9.17) is 0 Å². The Morgan fingerprint density at radius 1 is 1.05 bits per heavy atom. The second-order valence-electron chi connectivity index (χ2n) is 4.81. The van der Waals surface area contributed by atoms with Gasteiger partial charge in [0.1, 0.15) is 0 Å². The van der Waals surface area contributed by atoms with E-state index < -0.39 is 17.8 Å². The number of halogens is 4. The Morgan fingerprint density at radius 3 is 2.33 bits per heavy atom. The molecule has 5 heteroatoms. The molecule has 0 aliphatic carbocycles. The number of benzene rings is 2. The van der Waals surface area contributed by atoms with Crippen molar-refractivity contribution in [3.63, 3.8) is 0 Å². The van der Waals surface area contributed by atoms with Crippen molar-refractivity contribution in [1.29, 1.82) is 0 Å². The topological polar surface area (TPSA) is 12.0 Å². The summed E-state index contributed by atoms with van der Waals surface area (Å²) in [5, 5.41) is 2.99. The fraction of sp³-hybridized carbons (Fsp3) is 0.250. The summed E-state index contributed by atoms with van der Waals surface area (Å²) in [6, 6.07) is 10.8. The SMILES string of the molecule is CNC(c1cc(Br)ccc1C)c1ccccc1C(F)(F)F. The van der Waals surface area contributed by atoms with Crippen molar-refractivity contribution in [3.05, 3.63) is 69.2 Å². The Kier molecular flexibility index (Phi) is 4.74. The summed E-state index contributed by atoms with van der Waals surface area (Å²) in [6.45, 7) is 1.89. The van der Waals surface area contributed by atoms with E-state index in [0.29, 0.717) is 0 Å². The highest BCUT2D eigenvalue weighted by Crippen LogP contribution is 2.37. The van der Waals surface area contributed by atoms with E-state index in [1.54, 1.807) is 13.1 Å². The third-order valence-corrected chi connectivity index (χ3v) is 3.91. The van der Waals surface area contributed by atoms with Gasteiger partial charge in [-0.2, -0.15) is 13.2 Å². The molecule has 0 fully saturated rings. The maximum Gasteiger partial charge on any atom is 0.416 e. The van der Waals surface area contributed by atoms with Crippen LogP contribution < -0.4 is 5.32 Å². The lowest BCUT2D eigenvalue weighted by Gasteiger charge is -2.23. The second kappa shape index (κ2) is 6.20. The van der Waals surface area contributed by atoms with Crippen LogP contribution >= 0.6 is 15.9 Å². The molecule has 0 radical (unpaired) electrons. The number of nitrogens with one attached hydrogen (secondary N) is 1. The quantitative estimate of drug-likeness (QED) is 0.806. The van der Waals surface area contributed by atoms with E-state index in [1.165, 1.54) is 12.1 Å². The van der Waals surface area contributed by atoms with Crippen molar-refractivity contribution in [2.75, 3.05) is 7.05 Å². The highest BCUT2D eigenvalue weighted by molar-refractivity contribution is 9.10. The lowest BCUT2D eigenvalue weighted by Crippen LogP contribution is -2.22. The van der Waals surface area contributed by atoms with Crippen LogP contribution in [-0.2, 0) is 6.18 Å². The summed E-state index contributed by atoms with van der Waals surface area (Å²) in [5.41, 5.74) is 1.38. The number of rotatable bonds is 3. The molecule has 0 bridgehead atoms. The van der Waals surface area contributed by atoms with Crippen LogP contribution in [0.15, 0.2) is 46.9 Å². The lowest BCUT2D eigenvalue weighted by molar-refractivity contribution is -0.138. The first-order valence-electron chi connectivity index (χ1n) is 6.44. The minimum Gasteiger partial charge on any atom is -0.309 e. The first kappa shape index (κ1) is 16.0. The molecule has 0 heterocycles. The standard InChI is InChI=1S/C16H15BrF3N/c1-10-7-8-11(17)9-13(10)15(21-2)12-5-3-4-6-14(12)16(18,19)20/h3-9,15,21H,1-2H3. The molecule has 1 nitrogen and oxygen atoms in total. The molecule has 2 rings (SSSR count). The Morgan fingerprint density at radius 2 is 1.71 bits per heavy atom. The third kappa shape index (κ3) is 3.47. The molecular weight excluding hydrogens is 343 g/mol. The van der Waals surface area contributed by atoms with E-state index in [-0.39, 0.29) is 5.56 Å². The van der Waals surface area contributed by atoms with Crippen molar-refractivity contribution < 1.29 is 13.2 Å². The highest BCUT2D eigenvalue weighted by atomic mass is 79.9. The number of aryl methyl sites for hydroxylation is 1. The minimum atomic E-state index is -4.37. The third-order valence-electron chi connectivity index (χ3n) is 3.42. The van der Waals surface area contributed by atoms with Gasteiger partial charge in [0.25, 0.3) is 0 Å². The Balaban J connectivity index is 2.60. The van der Waals surface area contributed by atoms with Crippen LogP contribution in [0.25, 0.3) is 0 Å². The maximum atomic E-state index is 13.2. The van der Waals surface area contributed by atoms with Crippen LogP contribution in [0.1, 0.15) is 28.3 Å². The summed E-state index contributed by atoms with van der Waals surface area (Å²) in [5.74, 6) is 0. The van der Waals surface area contributed by atoms with E-state index in [9.17, 15) is 13.2 Å². The molecule has 21 heavy (non-hydrogen) atoms. The molecule has 0 spiro atoms. The normalized spacial score (nSPS) is 13.2. The van der Waals surface area contributed by atoms with Gasteiger partial charge < -0.3 is 5.32 Å². The van der Waals surface area contributed by atoms with Crippen LogP contribution in [0.2, 0.25) is 0 Å². The molecule has 0 saturated carbocycles. The van der Waals surface area contributed by atoms with Gasteiger partial charge in [0.15, 0.2) is 0 Å². The Hall–Kier alpha value is -1.33. The molecule has 0 aromatic heterocycles. The average molecular weight is 358 g/mol. The molecule has 1 N–H and O–H groups in total. The van der Waals surface area contributed by atoms with Gasteiger partial charge in [-0.15, -0.1) is 0 Å². The maximum absolute atomic E-state index is 13.2. The molecule has 0 amide bonds. The van der Waals surface area contributed by atoms with Gasteiger partial charge in [-0.25, -0.2) is 0 Å². The molecule has 0 saturated heterocycles. The molecule has 0 aliphatic heterocycles. The van der Waals surface area contributed by atoms with Crippen molar-refractivity contribution in [2.24, 2.45) is 0 Å².